The Bertz CT molecular complexity index is 793. The molecule has 1 heterocycles. The van der Waals surface area contributed by atoms with Crippen LogP contribution in [0.4, 0.5) is 5.69 Å². The van der Waals surface area contributed by atoms with Gasteiger partial charge < -0.3 is 9.67 Å². The van der Waals surface area contributed by atoms with Crippen molar-refractivity contribution >= 4 is 16.6 Å². The molecule has 100 valence electrons. The van der Waals surface area contributed by atoms with Crippen molar-refractivity contribution in [3.63, 3.8) is 0 Å². The molecule has 5 nitrogen and oxygen atoms in total. The zero-order valence-corrected chi connectivity index (χ0v) is 10.6. The summed E-state index contributed by atoms with van der Waals surface area (Å²) in [6.07, 6.45) is 1.87. The average Bonchev–Trinajstić information content (AvgIpc) is 2.90. The minimum Gasteiger partial charge on any atom is -0.392 e. The summed E-state index contributed by atoms with van der Waals surface area (Å²) in [7, 11) is 0. The number of fused-ring (bicyclic) bond motifs is 1. The molecular formula is C15H12N2O3. The van der Waals surface area contributed by atoms with E-state index in [4.69, 9.17) is 0 Å². The lowest BCUT2D eigenvalue weighted by Crippen LogP contribution is -1.94. The van der Waals surface area contributed by atoms with Gasteiger partial charge in [-0.15, -0.1) is 0 Å². The summed E-state index contributed by atoms with van der Waals surface area (Å²) in [6, 6.07) is 14.2. The second-order valence-corrected chi connectivity index (χ2v) is 4.51. The highest BCUT2D eigenvalue weighted by Crippen LogP contribution is 2.25. The van der Waals surface area contributed by atoms with E-state index in [9.17, 15) is 15.2 Å². The van der Waals surface area contributed by atoms with Crippen LogP contribution < -0.4 is 0 Å². The number of rotatable bonds is 3. The van der Waals surface area contributed by atoms with Crippen molar-refractivity contribution in [3.05, 3.63) is 70.4 Å². The van der Waals surface area contributed by atoms with Gasteiger partial charge in [-0.2, -0.15) is 0 Å². The van der Waals surface area contributed by atoms with Crippen molar-refractivity contribution < 1.29 is 10.0 Å². The van der Waals surface area contributed by atoms with Gasteiger partial charge in [-0.3, -0.25) is 10.1 Å². The molecule has 20 heavy (non-hydrogen) atoms. The van der Waals surface area contributed by atoms with Crippen LogP contribution in [0.25, 0.3) is 16.6 Å². The van der Waals surface area contributed by atoms with Crippen LogP contribution in [0.1, 0.15) is 5.56 Å². The molecule has 5 heteroatoms. The number of nitro groups is 1. The van der Waals surface area contributed by atoms with E-state index < -0.39 is 4.92 Å². The van der Waals surface area contributed by atoms with Crippen LogP contribution in [-0.4, -0.2) is 14.6 Å². The molecule has 0 saturated heterocycles. The van der Waals surface area contributed by atoms with Gasteiger partial charge in [0.05, 0.1) is 17.0 Å². The molecule has 0 unspecified atom stereocenters. The molecule has 0 aliphatic heterocycles. The second-order valence-electron chi connectivity index (χ2n) is 4.51. The lowest BCUT2D eigenvalue weighted by molar-refractivity contribution is -0.384. The minimum absolute atomic E-state index is 0.0154. The van der Waals surface area contributed by atoms with Gasteiger partial charge in [0.15, 0.2) is 0 Å². The predicted octanol–water partition coefficient (Wildman–Crippen LogP) is 3.03. The van der Waals surface area contributed by atoms with Gasteiger partial charge in [-0.05, 0) is 29.8 Å². The highest BCUT2D eigenvalue weighted by molar-refractivity contribution is 5.84. The Morgan fingerprint density at radius 1 is 1.15 bits per heavy atom. The van der Waals surface area contributed by atoms with Gasteiger partial charge in [0.2, 0.25) is 0 Å². The van der Waals surface area contributed by atoms with Gasteiger partial charge in [-0.25, -0.2) is 0 Å². The molecule has 1 N–H and O–H groups in total. The number of non-ortho nitro benzene ring substituents is 1. The number of aliphatic hydroxyl groups excluding tert-OH is 1. The molecule has 0 amide bonds. The Labute approximate surface area is 114 Å². The molecule has 0 atom stereocenters. The minimum atomic E-state index is -0.400. The Morgan fingerprint density at radius 3 is 2.75 bits per heavy atom. The summed E-state index contributed by atoms with van der Waals surface area (Å²) >= 11 is 0. The van der Waals surface area contributed by atoms with Crippen molar-refractivity contribution in [2.75, 3.05) is 0 Å². The first-order valence-corrected chi connectivity index (χ1v) is 6.15. The van der Waals surface area contributed by atoms with E-state index >= 15 is 0 Å². The number of nitrogens with zero attached hydrogens (tertiary/aromatic N) is 2. The normalized spacial score (nSPS) is 10.8. The fraction of sp³-hybridized carbons (Fsp3) is 0.0667. The standard InChI is InChI=1S/C15H12N2O3/c18-10-11-2-1-3-13(8-11)16-7-6-12-9-14(17(19)20)4-5-15(12)16/h1-9,18H,10H2. The first-order chi connectivity index (χ1) is 9.69. The highest BCUT2D eigenvalue weighted by atomic mass is 16.6. The lowest BCUT2D eigenvalue weighted by atomic mass is 10.2. The summed E-state index contributed by atoms with van der Waals surface area (Å²) in [4.78, 5) is 10.4. The van der Waals surface area contributed by atoms with E-state index in [0.29, 0.717) is 0 Å². The van der Waals surface area contributed by atoms with Crippen LogP contribution in [0.3, 0.4) is 0 Å². The van der Waals surface area contributed by atoms with E-state index in [1.54, 1.807) is 12.1 Å². The van der Waals surface area contributed by atoms with Crippen molar-refractivity contribution in [2.45, 2.75) is 6.61 Å². The topological polar surface area (TPSA) is 68.3 Å². The monoisotopic (exact) mass is 268 g/mol. The quantitative estimate of drug-likeness (QED) is 0.586. The van der Waals surface area contributed by atoms with E-state index in [1.165, 1.54) is 6.07 Å². The largest absolute Gasteiger partial charge is 0.392 e. The molecule has 0 spiro atoms. The molecule has 0 aliphatic carbocycles. The Balaban J connectivity index is 2.14. The Hall–Kier alpha value is -2.66. The van der Waals surface area contributed by atoms with E-state index in [2.05, 4.69) is 0 Å². The number of aromatic nitrogens is 1. The Kier molecular flexibility index (Phi) is 2.96. The van der Waals surface area contributed by atoms with Crippen molar-refractivity contribution in [1.29, 1.82) is 0 Å². The van der Waals surface area contributed by atoms with Gasteiger partial charge in [0.1, 0.15) is 0 Å². The van der Waals surface area contributed by atoms with Gasteiger partial charge in [0.25, 0.3) is 5.69 Å². The second kappa shape index (κ2) is 4.79. The van der Waals surface area contributed by atoms with Crippen LogP contribution in [-0.2, 0) is 6.61 Å². The zero-order valence-electron chi connectivity index (χ0n) is 10.6. The third-order valence-corrected chi connectivity index (χ3v) is 3.26. The van der Waals surface area contributed by atoms with Gasteiger partial charge in [-0.1, -0.05) is 12.1 Å². The molecule has 2 aromatic carbocycles. The molecule has 0 saturated carbocycles. The summed E-state index contributed by atoms with van der Waals surface area (Å²) in [5, 5.41) is 20.8. The first kappa shape index (κ1) is 12.4. The third kappa shape index (κ3) is 2.04. The lowest BCUT2D eigenvalue weighted by Gasteiger charge is -2.07. The number of hydrogen-bond donors (Lipinski definition) is 1. The SMILES string of the molecule is O=[N+]([O-])c1ccc2c(ccn2-c2cccc(CO)c2)c1. The molecule has 3 aromatic rings. The summed E-state index contributed by atoms with van der Waals surface area (Å²) in [5.74, 6) is 0. The maximum absolute atomic E-state index is 10.8. The van der Waals surface area contributed by atoms with E-state index in [-0.39, 0.29) is 12.3 Å². The smallest absolute Gasteiger partial charge is 0.270 e. The molecule has 1 aromatic heterocycles. The summed E-state index contributed by atoms with van der Waals surface area (Å²) in [5.41, 5.74) is 2.72. The van der Waals surface area contributed by atoms with Crippen LogP contribution in [0.15, 0.2) is 54.7 Å². The molecule has 3 rings (SSSR count). The van der Waals surface area contributed by atoms with Crippen molar-refractivity contribution in [3.8, 4) is 5.69 Å². The number of nitro benzene ring substituents is 1. The molecule has 0 radical (unpaired) electrons. The van der Waals surface area contributed by atoms with Gasteiger partial charge in [0, 0.05) is 29.4 Å². The number of benzene rings is 2. The van der Waals surface area contributed by atoms with Crippen molar-refractivity contribution in [1.82, 2.24) is 4.57 Å². The van der Waals surface area contributed by atoms with E-state index in [1.807, 2.05) is 41.1 Å². The van der Waals surface area contributed by atoms with Crippen LogP contribution in [0, 0.1) is 10.1 Å². The molecule has 0 fully saturated rings. The fourth-order valence-electron chi connectivity index (χ4n) is 2.27. The summed E-state index contributed by atoms with van der Waals surface area (Å²) in [6.45, 7) is -0.0154. The molecular weight excluding hydrogens is 256 g/mol. The van der Waals surface area contributed by atoms with Crippen LogP contribution >= 0.6 is 0 Å². The third-order valence-electron chi connectivity index (χ3n) is 3.26. The maximum atomic E-state index is 10.8. The van der Waals surface area contributed by atoms with Crippen LogP contribution in [0.5, 0.6) is 0 Å². The number of hydrogen-bond acceptors (Lipinski definition) is 3. The predicted molar refractivity (Wildman–Crippen MR) is 75.9 cm³/mol. The molecule has 0 aliphatic rings. The zero-order chi connectivity index (χ0) is 14.1. The summed E-state index contributed by atoms with van der Waals surface area (Å²) < 4.78 is 1.94. The highest BCUT2D eigenvalue weighted by Gasteiger charge is 2.09. The first-order valence-electron chi connectivity index (χ1n) is 6.15. The fourth-order valence-corrected chi connectivity index (χ4v) is 2.27. The van der Waals surface area contributed by atoms with Crippen LogP contribution in [0.2, 0.25) is 0 Å². The average molecular weight is 268 g/mol. The van der Waals surface area contributed by atoms with E-state index in [0.717, 1.165) is 22.2 Å². The number of aliphatic hydroxyl groups is 1. The maximum Gasteiger partial charge on any atom is 0.270 e. The van der Waals surface area contributed by atoms with Gasteiger partial charge >= 0.3 is 0 Å². The molecule has 0 bridgehead atoms. The van der Waals surface area contributed by atoms with Crippen molar-refractivity contribution in [2.24, 2.45) is 0 Å². The Morgan fingerprint density at radius 2 is 2.00 bits per heavy atom.